The molecule has 2 aliphatic rings. The number of hydrogen-bond donors (Lipinski definition) is 1. The molecule has 17 heavy (non-hydrogen) atoms. The minimum atomic E-state index is -0.634. The van der Waals surface area contributed by atoms with E-state index in [0.717, 1.165) is 31.2 Å². The lowest BCUT2D eigenvalue weighted by Crippen LogP contribution is -2.44. The van der Waals surface area contributed by atoms with Crippen LogP contribution in [0.3, 0.4) is 0 Å². The van der Waals surface area contributed by atoms with Crippen LogP contribution in [-0.4, -0.2) is 29.7 Å². The smallest absolute Gasteiger partial charge is 0.168 e. The molecule has 1 saturated carbocycles. The first-order valence-electron chi connectivity index (χ1n) is 6.21. The van der Waals surface area contributed by atoms with Crippen molar-refractivity contribution in [1.82, 2.24) is 0 Å². The van der Waals surface area contributed by atoms with Crippen LogP contribution in [-0.2, 0) is 15.9 Å². The molecule has 4 heteroatoms. The minimum Gasteiger partial charge on any atom is -0.472 e. The molecule has 1 aliphatic carbocycles. The van der Waals surface area contributed by atoms with E-state index >= 15 is 0 Å². The third-order valence-corrected chi connectivity index (χ3v) is 3.87. The first-order chi connectivity index (χ1) is 8.20. The van der Waals surface area contributed by atoms with E-state index in [9.17, 15) is 5.11 Å². The van der Waals surface area contributed by atoms with E-state index in [2.05, 4.69) is 0 Å². The molecule has 0 bridgehead atoms. The molecule has 2 fully saturated rings. The monoisotopic (exact) mass is 238 g/mol. The predicted molar refractivity (Wildman–Crippen MR) is 60.5 cm³/mol. The van der Waals surface area contributed by atoms with E-state index in [1.165, 1.54) is 0 Å². The molecular formula is C13H18O4. The molecule has 1 spiro atoms. The van der Waals surface area contributed by atoms with Crippen LogP contribution >= 0.6 is 0 Å². The Morgan fingerprint density at radius 2 is 1.82 bits per heavy atom. The van der Waals surface area contributed by atoms with Crippen molar-refractivity contribution in [1.29, 1.82) is 0 Å². The molecule has 2 heterocycles. The van der Waals surface area contributed by atoms with Gasteiger partial charge in [0.1, 0.15) is 0 Å². The number of rotatable bonds is 2. The van der Waals surface area contributed by atoms with Crippen molar-refractivity contribution >= 4 is 0 Å². The molecule has 0 aromatic carbocycles. The van der Waals surface area contributed by atoms with Gasteiger partial charge in [0.05, 0.1) is 31.3 Å². The number of hydrogen-bond acceptors (Lipinski definition) is 4. The third-order valence-electron chi connectivity index (χ3n) is 3.87. The summed E-state index contributed by atoms with van der Waals surface area (Å²) in [6.07, 6.45) is 7.00. The van der Waals surface area contributed by atoms with E-state index in [1.54, 1.807) is 12.5 Å². The first kappa shape index (κ1) is 11.3. The van der Waals surface area contributed by atoms with Gasteiger partial charge in [-0.1, -0.05) is 0 Å². The van der Waals surface area contributed by atoms with Crippen LogP contribution in [0.25, 0.3) is 0 Å². The Balaban J connectivity index is 1.63. The van der Waals surface area contributed by atoms with Gasteiger partial charge in [0.15, 0.2) is 5.79 Å². The molecular weight excluding hydrogens is 220 g/mol. The van der Waals surface area contributed by atoms with Crippen molar-refractivity contribution in [3.05, 3.63) is 24.2 Å². The van der Waals surface area contributed by atoms with Crippen LogP contribution in [0.4, 0.5) is 0 Å². The SMILES string of the molecule is OC1(Cc2ccoc2)CCC2(CC1)OCCO2. The molecule has 1 N–H and O–H groups in total. The fraction of sp³-hybridized carbons (Fsp3) is 0.692. The van der Waals surface area contributed by atoms with E-state index in [-0.39, 0.29) is 0 Å². The molecule has 1 aromatic rings. The van der Waals surface area contributed by atoms with Gasteiger partial charge in [0.25, 0.3) is 0 Å². The van der Waals surface area contributed by atoms with E-state index in [4.69, 9.17) is 13.9 Å². The second-order valence-electron chi connectivity index (χ2n) is 5.14. The highest BCUT2D eigenvalue weighted by molar-refractivity contribution is 5.10. The van der Waals surface area contributed by atoms with Gasteiger partial charge in [0, 0.05) is 19.3 Å². The summed E-state index contributed by atoms with van der Waals surface area (Å²) in [5, 5.41) is 10.5. The molecule has 0 unspecified atom stereocenters. The third kappa shape index (κ3) is 2.25. The zero-order chi connectivity index (χ0) is 11.8. The quantitative estimate of drug-likeness (QED) is 0.854. The first-order valence-corrected chi connectivity index (χ1v) is 6.21. The maximum absolute atomic E-state index is 10.5. The maximum Gasteiger partial charge on any atom is 0.168 e. The highest BCUT2D eigenvalue weighted by Crippen LogP contribution is 2.41. The fourth-order valence-electron chi connectivity index (χ4n) is 2.83. The molecule has 1 aromatic heterocycles. The van der Waals surface area contributed by atoms with Crippen molar-refractivity contribution in [2.45, 2.75) is 43.5 Å². The van der Waals surface area contributed by atoms with Crippen molar-refractivity contribution < 1.29 is 19.0 Å². The van der Waals surface area contributed by atoms with Crippen LogP contribution in [0.1, 0.15) is 31.2 Å². The van der Waals surface area contributed by atoms with Gasteiger partial charge < -0.3 is 19.0 Å². The minimum absolute atomic E-state index is 0.400. The summed E-state index contributed by atoms with van der Waals surface area (Å²) in [5.41, 5.74) is 0.418. The fourth-order valence-corrected chi connectivity index (χ4v) is 2.83. The Kier molecular flexibility index (Phi) is 2.73. The van der Waals surface area contributed by atoms with Crippen LogP contribution in [0.5, 0.6) is 0 Å². The summed E-state index contributed by atoms with van der Waals surface area (Å²) in [4.78, 5) is 0. The summed E-state index contributed by atoms with van der Waals surface area (Å²) in [6.45, 7) is 1.36. The summed E-state index contributed by atoms with van der Waals surface area (Å²) < 4.78 is 16.3. The van der Waals surface area contributed by atoms with Crippen LogP contribution in [0.15, 0.2) is 23.0 Å². The Labute approximate surface area is 101 Å². The second-order valence-corrected chi connectivity index (χ2v) is 5.14. The lowest BCUT2D eigenvalue weighted by molar-refractivity contribution is -0.202. The van der Waals surface area contributed by atoms with Gasteiger partial charge in [-0.05, 0) is 24.5 Å². The number of ether oxygens (including phenoxy) is 2. The van der Waals surface area contributed by atoms with Gasteiger partial charge in [0.2, 0.25) is 0 Å². The van der Waals surface area contributed by atoms with Crippen molar-refractivity contribution in [3.63, 3.8) is 0 Å². The summed E-state index contributed by atoms with van der Waals surface area (Å²) >= 11 is 0. The zero-order valence-electron chi connectivity index (χ0n) is 9.85. The van der Waals surface area contributed by atoms with Crippen molar-refractivity contribution in [3.8, 4) is 0 Å². The van der Waals surface area contributed by atoms with Gasteiger partial charge in [-0.15, -0.1) is 0 Å². The Hall–Kier alpha value is -0.840. The molecule has 0 radical (unpaired) electrons. The average molecular weight is 238 g/mol. The molecule has 4 nitrogen and oxygen atoms in total. The molecule has 1 aliphatic heterocycles. The lowest BCUT2D eigenvalue weighted by Gasteiger charge is -2.40. The maximum atomic E-state index is 10.5. The largest absolute Gasteiger partial charge is 0.472 e. The van der Waals surface area contributed by atoms with Gasteiger partial charge >= 0.3 is 0 Å². The number of aliphatic hydroxyl groups is 1. The Morgan fingerprint density at radius 1 is 1.12 bits per heavy atom. The summed E-state index contributed by atoms with van der Waals surface area (Å²) in [7, 11) is 0. The molecule has 0 amide bonds. The topological polar surface area (TPSA) is 51.8 Å². The van der Waals surface area contributed by atoms with Gasteiger partial charge in [-0.3, -0.25) is 0 Å². The summed E-state index contributed by atoms with van der Waals surface area (Å²) in [5.74, 6) is -0.400. The Morgan fingerprint density at radius 3 is 2.41 bits per heavy atom. The van der Waals surface area contributed by atoms with E-state index in [0.29, 0.717) is 19.6 Å². The highest BCUT2D eigenvalue weighted by atomic mass is 16.7. The van der Waals surface area contributed by atoms with Crippen LogP contribution in [0, 0.1) is 0 Å². The van der Waals surface area contributed by atoms with Crippen molar-refractivity contribution in [2.75, 3.05) is 13.2 Å². The molecule has 1 saturated heterocycles. The van der Waals surface area contributed by atoms with Crippen molar-refractivity contribution in [2.24, 2.45) is 0 Å². The Bertz CT molecular complexity index is 355. The average Bonchev–Trinajstić information content (AvgIpc) is 2.96. The van der Waals surface area contributed by atoms with E-state index in [1.807, 2.05) is 6.07 Å². The van der Waals surface area contributed by atoms with Gasteiger partial charge in [-0.2, -0.15) is 0 Å². The van der Waals surface area contributed by atoms with E-state index < -0.39 is 11.4 Å². The summed E-state index contributed by atoms with van der Waals surface area (Å²) in [6, 6.07) is 1.91. The van der Waals surface area contributed by atoms with Gasteiger partial charge in [-0.25, -0.2) is 0 Å². The second kappa shape index (κ2) is 4.12. The van der Waals surface area contributed by atoms with Crippen LogP contribution in [0.2, 0.25) is 0 Å². The lowest BCUT2D eigenvalue weighted by atomic mass is 9.78. The molecule has 94 valence electrons. The predicted octanol–water partition coefficient (Wildman–Crippen LogP) is 1.87. The highest BCUT2D eigenvalue weighted by Gasteiger charge is 2.45. The zero-order valence-corrected chi connectivity index (χ0v) is 9.85. The molecule has 0 atom stereocenters. The molecule has 3 rings (SSSR count). The normalized spacial score (nSPS) is 26.4. The van der Waals surface area contributed by atoms with Crippen LogP contribution < -0.4 is 0 Å². The standard InChI is InChI=1S/C13H18O4/c14-12(9-11-1-6-15-10-11)2-4-13(5-3-12)16-7-8-17-13/h1,6,10,14H,2-5,7-9H2. The number of furan rings is 1.